The molecule has 0 spiro atoms. The van der Waals surface area contributed by atoms with Crippen molar-refractivity contribution in [3.05, 3.63) is 55.9 Å². The largest absolute Gasteiger partial charge is 0.465 e. The van der Waals surface area contributed by atoms with Crippen molar-refractivity contribution in [2.24, 2.45) is 0 Å². The lowest BCUT2D eigenvalue weighted by atomic mass is 10.1. The van der Waals surface area contributed by atoms with Crippen molar-refractivity contribution in [1.29, 1.82) is 0 Å². The number of nitro groups is 1. The van der Waals surface area contributed by atoms with Crippen LogP contribution in [0.3, 0.4) is 0 Å². The number of non-ortho nitro benzene ring substituents is 1. The fourth-order valence-corrected chi connectivity index (χ4v) is 2.81. The number of methoxy groups -OCH3 is 1. The van der Waals surface area contributed by atoms with E-state index >= 15 is 0 Å². The van der Waals surface area contributed by atoms with Gasteiger partial charge in [0.25, 0.3) is 11.6 Å². The SMILES string of the molecule is COC(=O)c1c(C)[nH]c(C(=O)OC(C)C(=O)Nc2ccc([N+](=O)[O-])cc2Cl)c1C. The second kappa shape index (κ2) is 8.74. The fraction of sp³-hybridized carbons (Fsp3) is 0.278. The molecule has 1 aromatic heterocycles. The zero-order valence-corrected chi connectivity index (χ0v) is 16.7. The molecule has 1 atom stereocenters. The number of anilines is 1. The van der Waals surface area contributed by atoms with E-state index in [4.69, 9.17) is 16.3 Å². The molecule has 2 aromatic rings. The summed E-state index contributed by atoms with van der Waals surface area (Å²) in [5, 5.41) is 13.1. The molecule has 1 heterocycles. The number of aryl methyl sites for hydroxylation is 1. The van der Waals surface area contributed by atoms with Gasteiger partial charge in [-0.3, -0.25) is 14.9 Å². The van der Waals surface area contributed by atoms with Gasteiger partial charge >= 0.3 is 11.9 Å². The number of amides is 1. The van der Waals surface area contributed by atoms with Crippen LogP contribution in [-0.2, 0) is 14.3 Å². The standard InChI is InChI=1S/C18H18ClN3O7/c1-8-14(17(24)28-4)9(2)20-15(8)18(25)29-10(3)16(23)21-13-6-5-11(22(26)27)7-12(13)19/h5-7,10,20H,1-4H3,(H,21,23). The lowest BCUT2D eigenvalue weighted by Crippen LogP contribution is -2.30. The Morgan fingerprint density at radius 1 is 1.24 bits per heavy atom. The molecule has 0 bridgehead atoms. The molecule has 1 unspecified atom stereocenters. The molecule has 0 fully saturated rings. The first-order valence-electron chi connectivity index (χ1n) is 8.30. The molecule has 0 saturated carbocycles. The number of aromatic amines is 1. The molecular formula is C18H18ClN3O7. The number of halogens is 1. The maximum absolute atomic E-state index is 12.4. The van der Waals surface area contributed by atoms with Gasteiger partial charge in [0.2, 0.25) is 0 Å². The lowest BCUT2D eigenvalue weighted by molar-refractivity contribution is -0.384. The number of ether oxygens (including phenoxy) is 2. The number of hydrogen-bond acceptors (Lipinski definition) is 7. The molecule has 1 amide bonds. The first-order valence-corrected chi connectivity index (χ1v) is 8.67. The van der Waals surface area contributed by atoms with E-state index in [1.165, 1.54) is 26.2 Å². The van der Waals surface area contributed by atoms with Crippen molar-refractivity contribution in [1.82, 2.24) is 4.98 Å². The fourth-order valence-electron chi connectivity index (χ4n) is 2.59. The number of esters is 2. The van der Waals surface area contributed by atoms with Crippen LogP contribution in [0.5, 0.6) is 0 Å². The number of nitrogens with zero attached hydrogens (tertiary/aromatic N) is 1. The molecular weight excluding hydrogens is 406 g/mol. The number of nitro benzene ring substituents is 1. The van der Waals surface area contributed by atoms with Gasteiger partial charge in [0.05, 0.1) is 28.3 Å². The predicted octanol–water partition coefficient (Wildman–Crippen LogP) is 3.16. The van der Waals surface area contributed by atoms with Gasteiger partial charge in [-0.2, -0.15) is 0 Å². The number of nitrogens with one attached hydrogen (secondary N) is 2. The van der Waals surface area contributed by atoms with Crippen molar-refractivity contribution in [2.45, 2.75) is 26.9 Å². The Labute approximate surface area is 170 Å². The van der Waals surface area contributed by atoms with Crippen LogP contribution in [0.4, 0.5) is 11.4 Å². The lowest BCUT2D eigenvalue weighted by Gasteiger charge is -2.14. The van der Waals surface area contributed by atoms with E-state index in [2.05, 4.69) is 15.0 Å². The van der Waals surface area contributed by atoms with Gasteiger partial charge in [-0.15, -0.1) is 0 Å². The number of rotatable bonds is 6. The predicted molar refractivity (Wildman–Crippen MR) is 103 cm³/mol. The number of carbonyl (C=O) groups excluding carboxylic acids is 3. The summed E-state index contributed by atoms with van der Waals surface area (Å²) in [7, 11) is 1.22. The van der Waals surface area contributed by atoms with Crippen LogP contribution in [0.2, 0.25) is 5.02 Å². The average Bonchev–Trinajstić information content (AvgIpc) is 2.96. The second-order valence-electron chi connectivity index (χ2n) is 6.07. The van der Waals surface area contributed by atoms with Gasteiger partial charge in [0.15, 0.2) is 6.10 Å². The molecule has 0 aliphatic heterocycles. The van der Waals surface area contributed by atoms with Crippen molar-refractivity contribution in [3.8, 4) is 0 Å². The summed E-state index contributed by atoms with van der Waals surface area (Å²) in [5.74, 6) is -2.13. The highest BCUT2D eigenvalue weighted by Crippen LogP contribution is 2.27. The summed E-state index contributed by atoms with van der Waals surface area (Å²) in [5.41, 5.74) is 0.906. The Balaban J connectivity index is 2.11. The molecule has 2 N–H and O–H groups in total. The first-order chi connectivity index (χ1) is 13.6. The number of benzene rings is 1. The molecule has 0 aliphatic rings. The van der Waals surface area contributed by atoms with Gasteiger partial charge in [0.1, 0.15) is 5.69 Å². The van der Waals surface area contributed by atoms with Crippen molar-refractivity contribution < 1.29 is 28.8 Å². The van der Waals surface area contributed by atoms with Crippen LogP contribution in [0.1, 0.15) is 39.0 Å². The molecule has 0 radical (unpaired) electrons. The number of carbonyl (C=O) groups is 3. The molecule has 11 heteroatoms. The van der Waals surface area contributed by atoms with E-state index in [1.807, 2.05) is 0 Å². The Bertz CT molecular complexity index is 1000. The summed E-state index contributed by atoms with van der Waals surface area (Å²) in [6.45, 7) is 4.50. The second-order valence-corrected chi connectivity index (χ2v) is 6.48. The van der Waals surface area contributed by atoms with E-state index in [0.29, 0.717) is 11.3 Å². The van der Waals surface area contributed by atoms with Crippen molar-refractivity contribution >= 4 is 40.8 Å². The quantitative estimate of drug-likeness (QED) is 0.413. The summed E-state index contributed by atoms with van der Waals surface area (Å²) >= 11 is 5.93. The van der Waals surface area contributed by atoms with E-state index in [9.17, 15) is 24.5 Å². The molecule has 1 aromatic carbocycles. The van der Waals surface area contributed by atoms with Crippen LogP contribution in [-0.4, -0.2) is 41.0 Å². The summed E-state index contributed by atoms with van der Waals surface area (Å²) in [6, 6.07) is 3.54. The highest BCUT2D eigenvalue weighted by Gasteiger charge is 2.26. The number of hydrogen-bond donors (Lipinski definition) is 2. The smallest absolute Gasteiger partial charge is 0.355 e. The van der Waals surface area contributed by atoms with Gasteiger partial charge < -0.3 is 19.8 Å². The average molecular weight is 424 g/mol. The topological polar surface area (TPSA) is 141 Å². The minimum absolute atomic E-state index is 0.0240. The number of aromatic nitrogens is 1. The third kappa shape index (κ3) is 4.72. The van der Waals surface area contributed by atoms with Crippen LogP contribution >= 0.6 is 11.6 Å². The maximum atomic E-state index is 12.4. The Kier molecular flexibility index (Phi) is 6.60. The van der Waals surface area contributed by atoms with Gasteiger partial charge in [-0.1, -0.05) is 11.6 Å². The van der Waals surface area contributed by atoms with E-state index in [0.717, 1.165) is 6.07 Å². The summed E-state index contributed by atoms with van der Waals surface area (Å²) in [4.78, 5) is 49.4. The third-order valence-corrected chi connectivity index (χ3v) is 4.42. The molecule has 154 valence electrons. The zero-order chi connectivity index (χ0) is 21.9. The Morgan fingerprint density at radius 3 is 2.45 bits per heavy atom. The zero-order valence-electron chi connectivity index (χ0n) is 16.0. The molecule has 2 rings (SSSR count). The van der Waals surface area contributed by atoms with E-state index in [-0.39, 0.29) is 27.7 Å². The van der Waals surface area contributed by atoms with Crippen LogP contribution in [0, 0.1) is 24.0 Å². The minimum atomic E-state index is -1.21. The van der Waals surface area contributed by atoms with E-state index in [1.54, 1.807) is 13.8 Å². The van der Waals surface area contributed by atoms with E-state index < -0.39 is 28.9 Å². The molecule has 0 saturated heterocycles. The monoisotopic (exact) mass is 423 g/mol. The van der Waals surface area contributed by atoms with Gasteiger partial charge in [-0.05, 0) is 32.4 Å². The van der Waals surface area contributed by atoms with Crippen molar-refractivity contribution in [3.63, 3.8) is 0 Å². The Hall–Kier alpha value is -3.40. The van der Waals surface area contributed by atoms with Crippen LogP contribution < -0.4 is 5.32 Å². The van der Waals surface area contributed by atoms with Gasteiger partial charge in [0, 0.05) is 17.8 Å². The molecule has 0 aliphatic carbocycles. The molecule has 10 nitrogen and oxygen atoms in total. The number of H-pyrrole nitrogens is 1. The third-order valence-electron chi connectivity index (χ3n) is 4.11. The van der Waals surface area contributed by atoms with Crippen molar-refractivity contribution in [2.75, 3.05) is 12.4 Å². The maximum Gasteiger partial charge on any atom is 0.355 e. The Morgan fingerprint density at radius 2 is 1.90 bits per heavy atom. The van der Waals surface area contributed by atoms with Crippen LogP contribution in [0.25, 0.3) is 0 Å². The molecule has 29 heavy (non-hydrogen) atoms. The highest BCUT2D eigenvalue weighted by molar-refractivity contribution is 6.34. The highest BCUT2D eigenvalue weighted by atomic mass is 35.5. The summed E-state index contributed by atoms with van der Waals surface area (Å²) in [6.07, 6.45) is -1.21. The summed E-state index contributed by atoms with van der Waals surface area (Å²) < 4.78 is 9.83. The minimum Gasteiger partial charge on any atom is -0.465 e. The normalized spacial score (nSPS) is 11.5. The van der Waals surface area contributed by atoms with Crippen LogP contribution in [0.15, 0.2) is 18.2 Å². The van der Waals surface area contributed by atoms with Gasteiger partial charge in [-0.25, -0.2) is 9.59 Å². The first kappa shape index (κ1) is 21.9.